The van der Waals surface area contributed by atoms with E-state index in [0.29, 0.717) is 18.7 Å². The minimum atomic E-state index is -4.19. The van der Waals surface area contributed by atoms with Gasteiger partial charge in [0.15, 0.2) is 5.75 Å². The molecule has 1 N–H and O–H groups in total. The smallest absolute Gasteiger partial charge is 0.245 e. The van der Waals surface area contributed by atoms with E-state index in [1.807, 2.05) is 0 Å². The molecule has 0 aliphatic carbocycles. The van der Waals surface area contributed by atoms with Crippen LogP contribution in [0.25, 0.3) is 0 Å². The summed E-state index contributed by atoms with van der Waals surface area (Å²) >= 11 is 0. The van der Waals surface area contributed by atoms with E-state index in [4.69, 9.17) is 4.74 Å². The molecule has 2 heterocycles. The number of piperidine rings is 1. The molecule has 29 heavy (non-hydrogen) atoms. The molecule has 0 saturated carbocycles. The van der Waals surface area contributed by atoms with E-state index in [1.54, 1.807) is 6.07 Å². The van der Waals surface area contributed by atoms with Gasteiger partial charge in [-0.05, 0) is 38.3 Å². The van der Waals surface area contributed by atoms with Crippen LogP contribution in [0.3, 0.4) is 0 Å². The van der Waals surface area contributed by atoms with E-state index >= 15 is 0 Å². The number of likely N-dealkylation sites (tertiary alicyclic amines) is 1. The zero-order valence-electron chi connectivity index (χ0n) is 16.3. The lowest BCUT2D eigenvalue weighted by Gasteiger charge is -2.29. The maximum atomic E-state index is 13.4. The summed E-state index contributed by atoms with van der Waals surface area (Å²) in [7, 11) is -2.86. The first-order valence-electron chi connectivity index (χ1n) is 9.50. The summed E-state index contributed by atoms with van der Waals surface area (Å²) in [6.45, 7) is 4.22. The molecular weight excluding hydrogens is 401 g/mol. The number of amides is 2. The van der Waals surface area contributed by atoms with E-state index in [-0.39, 0.29) is 36.1 Å². The highest BCUT2D eigenvalue weighted by molar-refractivity contribution is 7.89. The van der Waals surface area contributed by atoms with Crippen molar-refractivity contribution in [1.82, 2.24) is 9.62 Å². The number of hydrogen-bond donors (Lipinski definition) is 1. The minimum absolute atomic E-state index is 0.0277. The summed E-state index contributed by atoms with van der Waals surface area (Å²) in [6, 6.07) is 3.17. The number of nitrogens with one attached hydrogen (secondary N) is 1. The van der Waals surface area contributed by atoms with Crippen molar-refractivity contribution in [2.75, 3.05) is 31.6 Å². The van der Waals surface area contributed by atoms with Crippen LogP contribution in [0.5, 0.6) is 5.75 Å². The van der Waals surface area contributed by atoms with Crippen molar-refractivity contribution in [2.45, 2.75) is 42.8 Å². The van der Waals surface area contributed by atoms with Crippen LogP contribution in [0.15, 0.2) is 23.1 Å². The number of para-hydroxylation sites is 1. The summed E-state index contributed by atoms with van der Waals surface area (Å²) in [5.74, 6) is -0.660. The molecule has 2 amide bonds. The first kappa shape index (κ1) is 21.5. The summed E-state index contributed by atoms with van der Waals surface area (Å²) < 4.78 is 46.8. The van der Waals surface area contributed by atoms with Gasteiger partial charge in [0.05, 0.1) is 19.3 Å². The highest BCUT2D eigenvalue weighted by atomic mass is 32.2. The molecule has 0 spiro atoms. The van der Waals surface area contributed by atoms with Crippen molar-refractivity contribution < 1.29 is 27.1 Å². The van der Waals surface area contributed by atoms with Crippen molar-refractivity contribution in [3.8, 4) is 5.75 Å². The molecule has 2 atom stereocenters. The predicted octanol–water partition coefficient (Wildman–Crippen LogP) is 1.26. The lowest BCUT2D eigenvalue weighted by molar-refractivity contribution is -0.131. The van der Waals surface area contributed by atoms with Crippen LogP contribution in [-0.4, -0.2) is 64.1 Å². The predicted molar refractivity (Wildman–Crippen MR) is 105 cm³/mol. The zero-order valence-corrected chi connectivity index (χ0v) is 17.1. The molecule has 159 valence electrons. The molecule has 1 aromatic carbocycles. The van der Waals surface area contributed by atoms with Gasteiger partial charge in [0.25, 0.3) is 0 Å². The summed E-state index contributed by atoms with van der Waals surface area (Å²) in [5, 5.41) is 0. The van der Waals surface area contributed by atoms with Crippen LogP contribution in [0.1, 0.15) is 25.7 Å². The first-order chi connectivity index (χ1) is 13.7. The number of nitrogens with zero attached hydrogens (tertiary/aromatic N) is 2. The van der Waals surface area contributed by atoms with Gasteiger partial charge in [-0.2, -0.15) is 4.72 Å². The molecule has 2 saturated heterocycles. The third-order valence-electron chi connectivity index (χ3n) is 5.10. The SMILES string of the molecule is [CH2][C@H](NS(=O)(=O)c1cccc(N2CCCCC2=O)c1OC)C(=O)N1CC[C@H](F)C1. The Morgan fingerprint density at radius 1 is 1.34 bits per heavy atom. The number of sulfonamides is 1. The minimum Gasteiger partial charge on any atom is -0.493 e. The largest absolute Gasteiger partial charge is 0.493 e. The van der Waals surface area contributed by atoms with E-state index in [1.165, 1.54) is 29.0 Å². The van der Waals surface area contributed by atoms with Crippen molar-refractivity contribution in [1.29, 1.82) is 0 Å². The van der Waals surface area contributed by atoms with Gasteiger partial charge in [0.1, 0.15) is 17.1 Å². The van der Waals surface area contributed by atoms with E-state index in [9.17, 15) is 22.4 Å². The normalized spacial score (nSPS) is 21.3. The molecule has 1 radical (unpaired) electrons. The number of benzene rings is 1. The Morgan fingerprint density at radius 2 is 2.10 bits per heavy atom. The maximum Gasteiger partial charge on any atom is 0.245 e. The molecule has 0 unspecified atom stereocenters. The molecule has 8 nitrogen and oxygen atoms in total. The lowest BCUT2D eigenvalue weighted by atomic mass is 10.1. The Kier molecular flexibility index (Phi) is 6.42. The Hall–Kier alpha value is -2.20. The van der Waals surface area contributed by atoms with Gasteiger partial charge in [-0.1, -0.05) is 6.07 Å². The number of methoxy groups -OCH3 is 1. The average molecular weight is 426 g/mol. The zero-order chi connectivity index (χ0) is 21.2. The van der Waals surface area contributed by atoms with Crippen molar-refractivity contribution in [3.63, 3.8) is 0 Å². The number of ether oxygens (including phenoxy) is 1. The van der Waals surface area contributed by atoms with Gasteiger partial charge in [-0.3, -0.25) is 9.59 Å². The van der Waals surface area contributed by atoms with Crippen molar-refractivity contribution in [3.05, 3.63) is 25.1 Å². The van der Waals surface area contributed by atoms with E-state index < -0.39 is 28.1 Å². The van der Waals surface area contributed by atoms with Gasteiger partial charge >= 0.3 is 0 Å². The Labute approximate surface area is 170 Å². The molecule has 0 aromatic heterocycles. The Bertz CT molecular complexity index is 892. The molecule has 10 heteroatoms. The van der Waals surface area contributed by atoms with Crippen LogP contribution >= 0.6 is 0 Å². The fourth-order valence-electron chi connectivity index (χ4n) is 3.63. The summed E-state index contributed by atoms with van der Waals surface area (Å²) in [6.07, 6.45) is 1.11. The summed E-state index contributed by atoms with van der Waals surface area (Å²) in [4.78, 5) is 27.3. The number of rotatable bonds is 6. The lowest BCUT2D eigenvalue weighted by Crippen LogP contribution is -2.46. The van der Waals surface area contributed by atoms with Crippen LogP contribution in [0.4, 0.5) is 10.1 Å². The number of carbonyl (C=O) groups excluding carboxylic acids is 2. The molecule has 2 fully saturated rings. The second kappa shape index (κ2) is 8.66. The molecule has 0 bridgehead atoms. The molecule has 2 aliphatic rings. The molecule has 1 aromatic rings. The Balaban J connectivity index is 1.85. The van der Waals surface area contributed by atoms with Gasteiger partial charge in [-0.15, -0.1) is 0 Å². The van der Waals surface area contributed by atoms with Crippen LogP contribution in [-0.2, 0) is 19.6 Å². The maximum absolute atomic E-state index is 13.4. The summed E-state index contributed by atoms with van der Waals surface area (Å²) in [5.41, 5.74) is 0.367. The highest BCUT2D eigenvalue weighted by Crippen LogP contribution is 2.36. The van der Waals surface area contributed by atoms with Crippen molar-refractivity contribution in [2.24, 2.45) is 0 Å². The third-order valence-corrected chi connectivity index (χ3v) is 6.60. The second-order valence-corrected chi connectivity index (χ2v) is 8.84. The Morgan fingerprint density at radius 3 is 2.72 bits per heavy atom. The average Bonchev–Trinajstić information content (AvgIpc) is 3.13. The van der Waals surface area contributed by atoms with Gasteiger partial charge in [0, 0.05) is 19.5 Å². The van der Waals surface area contributed by atoms with E-state index in [0.717, 1.165) is 12.8 Å². The first-order valence-corrected chi connectivity index (χ1v) is 11.0. The highest BCUT2D eigenvalue weighted by Gasteiger charge is 2.33. The molecule has 3 rings (SSSR count). The van der Waals surface area contributed by atoms with Gasteiger partial charge < -0.3 is 14.5 Å². The van der Waals surface area contributed by atoms with Crippen LogP contribution in [0.2, 0.25) is 0 Å². The van der Waals surface area contributed by atoms with Gasteiger partial charge in [0.2, 0.25) is 21.8 Å². The second-order valence-electron chi connectivity index (χ2n) is 7.16. The standard InChI is InChI=1S/C19H25FN3O5S/c1-13(19(25)22-11-9-14(20)12-22)21-29(26,27)16-7-5-6-15(18(16)28-2)23-10-4-3-8-17(23)24/h5-7,13-14,21H,1,3-4,8-12H2,2H3/t13-,14-/m0/s1. The number of anilines is 1. The quantitative estimate of drug-likeness (QED) is 0.739. The fourth-order valence-corrected chi connectivity index (χ4v) is 4.93. The van der Waals surface area contributed by atoms with Crippen LogP contribution < -0.4 is 14.4 Å². The van der Waals surface area contributed by atoms with Gasteiger partial charge in [-0.25, -0.2) is 12.8 Å². The molecular formula is C19H25FN3O5S. The van der Waals surface area contributed by atoms with Crippen molar-refractivity contribution >= 4 is 27.5 Å². The fraction of sp³-hybridized carbons (Fsp3) is 0.526. The number of hydrogen-bond acceptors (Lipinski definition) is 5. The monoisotopic (exact) mass is 426 g/mol. The molecule has 2 aliphatic heterocycles. The third kappa shape index (κ3) is 4.53. The number of halogens is 1. The number of carbonyl (C=O) groups is 2. The topological polar surface area (TPSA) is 96.0 Å². The van der Waals surface area contributed by atoms with Crippen LogP contribution in [0, 0.1) is 6.92 Å². The van der Waals surface area contributed by atoms with E-state index in [2.05, 4.69) is 11.6 Å². The number of alkyl halides is 1.